The number of piperidine rings is 1. The first-order chi connectivity index (χ1) is 13.8. The lowest BCUT2D eigenvalue weighted by atomic mass is 9.84. The first-order valence-electron chi connectivity index (χ1n) is 11.1. The summed E-state index contributed by atoms with van der Waals surface area (Å²) in [5, 5.41) is 0.982. The van der Waals surface area contributed by atoms with Crippen LogP contribution in [0.1, 0.15) is 62.9 Å². The standard InChI is InChI=1S/C22H34N4O2S/c1-13-14(2)26(15(3)19-11-16-4-5-18(19)10-16)22(24-13)29-12-20(27)25-8-6-17(7-9-25)21(23)28/h15-19H,4-12H2,1-3H3,(H2,23,28)/t15-,16+,18+,19-/m1/s1. The Balaban J connectivity index is 1.40. The van der Waals surface area contributed by atoms with E-state index in [9.17, 15) is 9.59 Å². The smallest absolute Gasteiger partial charge is 0.233 e. The van der Waals surface area contributed by atoms with E-state index in [0.29, 0.717) is 37.7 Å². The minimum absolute atomic E-state index is 0.0847. The Morgan fingerprint density at radius 3 is 2.48 bits per heavy atom. The second-order valence-electron chi connectivity index (χ2n) is 9.36. The molecule has 6 nitrogen and oxygen atoms in total. The van der Waals surface area contributed by atoms with Gasteiger partial charge in [-0.2, -0.15) is 0 Å². The molecule has 1 aromatic rings. The number of imidazole rings is 1. The number of primary amides is 1. The zero-order chi connectivity index (χ0) is 20.7. The number of aromatic nitrogens is 2. The summed E-state index contributed by atoms with van der Waals surface area (Å²) in [6.45, 7) is 7.83. The van der Waals surface area contributed by atoms with Gasteiger partial charge in [0.05, 0.1) is 11.4 Å². The Morgan fingerprint density at radius 2 is 1.90 bits per heavy atom. The third-order valence-corrected chi connectivity index (χ3v) is 8.69. The Labute approximate surface area is 178 Å². The second-order valence-corrected chi connectivity index (χ2v) is 10.3. The van der Waals surface area contributed by atoms with E-state index in [1.165, 1.54) is 31.4 Å². The Hall–Kier alpha value is -1.50. The molecule has 0 radical (unpaired) electrons. The zero-order valence-corrected chi connectivity index (χ0v) is 18.7. The van der Waals surface area contributed by atoms with Gasteiger partial charge in [0, 0.05) is 30.7 Å². The molecule has 2 amide bonds. The van der Waals surface area contributed by atoms with Gasteiger partial charge in [-0.15, -0.1) is 0 Å². The molecule has 4 atom stereocenters. The predicted octanol–water partition coefficient (Wildman–Crippen LogP) is 3.31. The van der Waals surface area contributed by atoms with Crippen LogP contribution >= 0.6 is 11.8 Å². The van der Waals surface area contributed by atoms with Crippen LogP contribution in [0.15, 0.2) is 5.16 Å². The number of hydrogen-bond donors (Lipinski definition) is 1. The van der Waals surface area contributed by atoms with Crippen LogP contribution in [0.4, 0.5) is 0 Å². The summed E-state index contributed by atoms with van der Waals surface area (Å²) in [7, 11) is 0. The van der Waals surface area contributed by atoms with Crippen LogP contribution in [0.2, 0.25) is 0 Å². The van der Waals surface area contributed by atoms with Gasteiger partial charge >= 0.3 is 0 Å². The highest BCUT2D eigenvalue weighted by atomic mass is 32.2. The van der Waals surface area contributed by atoms with E-state index in [4.69, 9.17) is 10.7 Å². The predicted molar refractivity (Wildman–Crippen MR) is 115 cm³/mol. The van der Waals surface area contributed by atoms with Crippen LogP contribution in [-0.4, -0.2) is 45.1 Å². The molecule has 29 heavy (non-hydrogen) atoms. The summed E-state index contributed by atoms with van der Waals surface area (Å²) in [4.78, 5) is 30.8. The number of carbonyl (C=O) groups is 2. The largest absolute Gasteiger partial charge is 0.369 e. The second kappa shape index (κ2) is 8.32. The van der Waals surface area contributed by atoms with Crippen LogP contribution in [0.3, 0.4) is 0 Å². The van der Waals surface area contributed by atoms with Crippen molar-refractivity contribution in [1.29, 1.82) is 0 Å². The Morgan fingerprint density at radius 1 is 1.17 bits per heavy atom. The van der Waals surface area contributed by atoms with Crippen LogP contribution < -0.4 is 5.73 Å². The molecule has 2 bridgehead atoms. The number of hydrogen-bond acceptors (Lipinski definition) is 4. The lowest BCUT2D eigenvalue weighted by Gasteiger charge is -2.31. The third kappa shape index (κ3) is 4.07. The number of nitrogens with zero attached hydrogens (tertiary/aromatic N) is 3. The van der Waals surface area contributed by atoms with E-state index in [2.05, 4.69) is 25.3 Å². The number of amides is 2. The molecule has 2 saturated carbocycles. The maximum Gasteiger partial charge on any atom is 0.233 e. The molecule has 160 valence electrons. The molecule has 0 unspecified atom stereocenters. The van der Waals surface area contributed by atoms with Crippen molar-refractivity contribution in [3.63, 3.8) is 0 Å². The van der Waals surface area contributed by atoms with Crippen molar-refractivity contribution in [2.75, 3.05) is 18.8 Å². The quantitative estimate of drug-likeness (QED) is 0.719. The molecule has 3 fully saturated rings. The number of carbonyl (C=O) groups excluding carboxylic acids is 2. The van der Waals surface area contributed by atoms with Gasteiger partial charge in [0.2, 0.25) is 11.8 Å². The molecule has 2 aliphatic carbocycles. The summed E-state index contributed by atoms with van der Waals surface area (Å²) < 4.78 is 2.40. The molecule has 3 aliphatic rings. The monoisotopic (exact) mass is 418 g/mol. The highest BCUT2D eigenvalue weighted by molar-refractivity contribution is 7.99. The van der Waals surface area contributed by atoms with Crippen molar-refractivity contribution >= 4 is 23.6 Å². The summed E-state index contributed by atoms with van der Waals surface area (Å²) >= 11 is 1.57. The summed E-state index contributed by atoms with van der Waals surface area (Å²) in [6, 6.07) is 0.440. The lowest BCUT2D eigenvalue weighted by molar-refractivity contribution is -0.132. The molecule has 2 heterocycles. The Bertz CT molecular complexity index is 784. The molecular formula is C22H34N4O2S. The molecule has 4 rings (SSSR count). The van der Waals surface area contributed by atoms with Crippen molar-refractivity contribution in [2.24, 2.45) is 29.4 Å². The fourth-order valence-electron chi connectivity index (χ4n) is 5.88. The first-order valence-corrected chi connectivity index (χ1v) is 12.1. The van der Waals surface area contributed by atoms with E-state index in [0.717, 1.165) is 28.6 Å². The van der Waals surface area contributed by atoms with Gasteiger partial charge in [-0.25, -0.2) is 4.98 Å². The van der Waals surface area contributed by atoms with Gasteiger partial charge in [-0.05, 0) is 70.6 Å². The Kier molecular flexibility index (Phi) is 5.96. The summed E-state index contributed by atoms with van der Waals surface area (Å²) in [5.41, 5.74) is 7.70. The van der Waals surface area contributed by atoms with Crippen molar-refractivity contribution < 1.29 is 9.59 Å². The van der Waals surface area contributed by atoms with Crippen LogP contribution in [0.5, 0.6) is 0 Å². The topological polar surface area (TPSA) is 81.2 Å². The lowest BCUT2D eigenvalue weighted by Crippen LogP contribution is -2.42. The van der Waals surface area contributed by atoms with E-state index < -0.39 is 0 Å². The number of likely N-dealkylation sites (tertiary alicyclic amines) is 1. The molecule has 1 aliphatic heterocycles. The summed E-state index contributed by atoms with van der Waals surface area (Å²) in [6.07, 6.45) is 6.91. The van der Waals surface area contributed by atoms with Crippen LogP contribution in [-0.2, 0) is 9.59 Å². The number of nitrogens with two attached hydrogens (primary N) is 1. The molecule has 2 N–H and O–H groups in total. The van der Waals surface area contributed by atoms with Crippen molar-refractivity contribution in [3.8, 4) is 0 Å². The summed E-state index contributed by atoms with van der Waals surface area (Å²) in [5.74, 6) is 2.74. The zero-order valence-electron chi connectivity index (χ0n) is 17.9. The van der Waals surface area contributed by atoms with Crippen molar-refractivity contribution in [3.05, 3.63) is 11.4 Å². The van der Waals surface area contributed by atoms with Crippen LogP contribution in [0.25, 0.3) is 0 Å². The van der Waals surface area contributed by atoms with Gasteiger partial charge in [0.15, 0.2) is 5.16 Å². The van der Waals surface area contributed by atoms with Gasteiger partial charge in [-0.1, -0.05) is 18.2 Å². The van der Waals surface area contributed by atoms with E-state index in [1.54, 1.807) is 11.8 Å². The molecule has 1 aromatic heterocycles. The number of fused-ring (bicyclic) bond motifs is 2. The normalized spacial score (nSPS) is 28.1. The minimum atomic E-state index is -0.242. The SMILES string of the molecule is Cc1nc(SCC(=O)N2CCC(C(N)=O)CC2)n([C@H](C)[C@H]2C[C@H]3CC[C@H]2C3)c1C. The van der Waals surface area contributed by atoms with Crippen LogP contribution in [0, 0.1) is 37.5 Å². The third-order valence-electron chi connectivity index (χ3n) is 7.75. The van der Waals surface area contributed by atoms with E-state index >= 15 is 0 Å². The van der Waals surface area contributed by atoms with E-state index in [1.807, 2.05) is 4.90 Å². The fraction of sp³-hybridized carbons (Fsp3) is 0.773. The van der Waals surface area contributed by atoms with Crippen molar-refractivity contribution in [2.45, 2.75) is 70.5 Å². The molecule has 0 spiro atoms. The maximum atomic E-state index is 12.7. The average molecular weight is 419 g/mol. The van der Waals surface area contributed by atoms with Gasteiger partial charge in [-0.3, -0.25) is 9.59 Å². The molecule has 0 aromatic carbocycles. The average Bonchev–Trinajstić information content (AvgIpc) is 3.41. The number of rotatable bonds is 6. The van der Waals surface area contributed by atoms with Crippen molar-refractivity contribution in [1.82, 2.24) is 14.5 Å². The molecule has 7 heteroatoms. The highest BCUT2D eigenvalue weighted by Crippen LogP contribution is 2.52. The first kappa shape index (κ1) is 20.8. The molecule has 1 saturated heterocycles. The molecular weight excluding hydrogens is 384 g/mol. The van der Waals surface area contributed by atoms with Gasteiger partial charge in [0.25, 0.3) is 0 Å². The van der Waals surface area contributed by atoms with Gasteiger partial charge < -0.3 is 15.2 Å². The van der Waals surface area contributed by atoms with Gasteiger partial charge in [0.1, 0.15) is 0 Å². The number of aryl methyl sites for hydroxylation is 1. The minimum Gasteiger partial charge on any atom is -0.369 e. The highest BCUT2D eigenvalue weighted by Gasteiger charge is 2.43. The van der Waals surface area contributed by atoms with E-state index in [-0.39, 0.29) is 17.7 Å². The fourth-order valence-corrected chi connectivity index (χ4v) is 6.96. The number of thioether (sulfide) groups is 1. The maximum absolute atomic E-state index is 12.7.